The minimum atomic E-state index is 0.646. The van der Waals surface area contributed by atoms with Gasteiger partial charge in [-0.2, -0.15) is 0 Å². The molecule has 0 aromatic heterocycles. The number of hydrogen-bond donors (Lipinski definition) is 1. The average Bonchev–Trinajstić information content (AvgIpc) is 2.74. The normalized spacial score (nSPS) is 20.2. The molecule has 1 saturated heterocycles. The Hall–Kier alpha value is -1.02. The second-order valence-electron chi connectivity index (χ2n) is 6.36. The van der Waals surface area contributed by atoms with Crippen molar-refractivity contribution in [2.24, 2.45) is 0 Å². The minimum absolute atomic E-state index is 0.646. The number of hydrogen-bond acceptors (Lipinski definition) is 2. The van der Waals surface area contributed by atoms with Gasteiger partial charge >= 0.3 is 0 Å². The van der Waals surface area contributed by atoms with Crippen LogP contribution in [-0.2, 0) is 6.42 Å². The first-order chi connectivity index (χ1) is 10.3. The molecule has 1 N–H and O–H groups in total. The van der Waals surface area contributed by atoms with Crippen LogP contribution in [0.4, 0.5) is 5.69 Å². The molecule has 21 heavy (non-hydrogen) atoms. The van der Waals surface area contributed by atoms with Crippen LogP contribution < -0.4 is 5.32 Å². The largest absolute Gasteiger partial charge is 0.382 e. The molecule has 1 unspecified atom stereocenters. The van der Waals surface area contributed by atoms with E-state index in [-0.39, 0.29) is 0 Å². The molecule has 118 valence electrons. The van der Waals surface area contributed by atoms with Gasteiger partial charge in [-0.05, 0) is 62.9 Å². The van der Waals surface area contributed by atoms with Gasteiger partial charge in [0.2, 0.25) is 0 Å². The summed E-state index contributed by atoms with van der Waals surface area (Å²) >= 11 is 0. The van der Waals surface area contributed by atoms with Crippen LogP contribution in [0.1, 0.15) is 57.9 Å². The number of likely N-dealkylation sites (tertiary alicyclic amines) is 1. The molecule has 0 saturated carbocycles. The maximum absolute atomic E-state index is 3.73. The van der Waals surface area contributed by atoms with Crippen LogP contribution in [0.25, 0.3) is 0 Å². The highest BCUT2D eigenvalue weighted by Gasteiger charge is 2.15. The van der Waals surface area contributed by atoms with E-state index in [1.807, 2.05) is 0 Å². The average molecular weight is 288 g/mol. The molecule has 0 bridgehead atoms. The van der Waals surface area contributed by atoms with Crippen LogP contribution >= 0.6 is 0 Å². The molecular formula is C19H32N2. The smallest absolute Gasteiger partial charge is 0.0342 e. The van der Waals surface area contributed by atoms with Crippen LogP contribution in [0.3, 0.4) is 0 Å². The zero-order valence-corrected chi connectivity index (χ0v) is 13.9. The maximum atomic E-state index is 3.73. The predicted molar refractivity (Wildman–Crippen MR) is 93.0 cm³/mol. The van der Waals surface area contributed by atoms with E-state index in [2.05, 4.69) is 48.3 Å². The van der Waals surface area contributed by atoms with Crippen molar-refractivity contribution in [1.29, 1.82) is 0 Å². The lowest BCUT2D eigenvalue weighted by molar-refractivity contribution is 0.300. The van der Waals surface area contributed by atoms with Gasteiger partial charge in [-0.1, -0.05) is 38.8 Å². The number of unbranched alkanes of at least 4 members (excludes halogenated alkanes) is 2. The van der Waals surface area contributed by atoms with Crippen LogP contribution in [0.15, 0.2) is 24.3 Å². The quantitative estimate of drug-likeness (QED) is 0.731. The Morgan fingerprint density at radius 2 is 1.86 bits per heavy atom. The van der Waals surface area contributed by atoms with Gasteiger partial charge < -0.3 is 10.2 Å². The van der Waals surface area contributed by atoms with E-state index < -0.39 is 0 Å². The highest BCUT2D eigenvalue weighted by molar-refractivity contribution is 5.45. The summed E-state index contributed by atoms with van der Waals surface area (Å²) in [5.41, 5.74) is 2.77. The van der Waals surface area contributed by atoms with Crippen molar-refractivity contribution in [2.45, 2.75) is 64.8 Å². The first-order valence-corrected chi connectivity index (χ1v) is 8.89. The Bertz CT molecular complexity index is 385. The second kappa shape index (κ2) is 9.09. The number of benzene rings is 1. The van der Waals surface area contributed by atoms with Crippen molar-refractivity contribution in [3.8, 4) is 0 Å². The van der Waals surface area contributed by atoms with Gasteiger partial charge in [0.15, 0.2) is 0 Å². The summed E-state index contributed by atoms with van der Waals surface area (Å²) in [5.74, 6) is 0. The predicted octanol–water partition coefficient (Wildman–Crippen LogP) is 4.71. The molecule has 2 nitrogen and oxygen atoms in total. The van der Waals surface area contributed by atoms with E-state index in [1.165, 1.54) is 75.8 Å². The molecule has 2 heteroatoms. The lowest BCUT2D eigenvalue weighted by atomic mass is 10.1. The number of rotatable bonds is 7. The highest BCUT2D eigenvalue weighted by Crippen LogP contribution is 2.18. The monoisotopic (exact) mass is 288 g/mol. The Morgan fingerprint density at radius 1 is 1.05 bits per heavy atom. The van der Waals surface area contributed by atoms with E-state index in [0.717, 1.165) is 0 Å². The maximum Gasteiger partial charge on any atom is 0.0342 e. The van der Waals surface area contributed by atoms with Crippen molar-refractivity contribution in [1.82, 2.24) is 4.90 Å². The molecule has 1 atom stereocenters. The molecule has 1 heterocycles. The molecule has 2 rings (SSSR count). The van der Waals surface area contributed by atoms with E-state index in [0.29, 0.717) is 6.04 Å². The van der Waals surface area contributed by atoms with Crippen molar-refractivity contribution in [3.05, 3.63) is 29.8 Å². The van der Waals surface area contributed by atoms with Crippen LogP contribution in [-0.4, -0.2) is 30.6 Å². The van der Waals surface area contributed by atoms with Gasteiger partial charge in [0, 0.05) is 18.3 Å². The molecule has 1 aliphatic heterocycles. The molecule has 0 amide bonds. The Labute approximate surface area is 130 Å². The van der Waals surface area contributed by atoms with Crippen molar-refractivity contribution in [3.63, 3.8) is 0 Å². The van der Waals surface area contributed by atoms with Gasteiger partial charge in [0.05, 0.1) is 0 Å². The van der Waals surface area contributed by atoms with Crippen LogP contribution in [0.5, 0.6) is 0 Å². The summed E-state index contributed by atoms with van der Waals surface area (Å²) in [6, 6.07) is 9.78. The first kappa shape index (κ1) is 16.4. The molecule has 1 aromatic carbocycles. The molecule has 0 radical (unpaired) electrons. The number of anilines is 1. The second-order valence-corrected chi connectivity index (χ2v) is 6.36. The van der Waals surface area contributed by atoms with Crippen LogP contribution in [0, 0.1) is 0 Å². The molecule has 0 spiro atoms. The van der Waals surface area contributed by atoms with Gasteiger partial charge in [-0.25, -0.2) is 0 Å². The third-order valence-electron chi connectivity index (χ3n) is 4.66. The molecule has 0 aliphatic carbocycles. The third-order valence-corrected chi connectivity index (χ3v) is 4.66. The Balaban J connectivity index is 1.79. The van der Waals surface area contributed by atoms with Gasteiger partial charge in [0.25, 0.3) is 0 Å². The number of aryl methyl sites for hydroxylation is 1. The fraction of sp³-hybridized carbons (Fsp3) is 0.684. The summed E-state index contributed by atoms with van der Waals surface area (Å²) < 4.78 is 0. The summed E-state index contributed by atoms with van der Waals surface area (Å²) in [7, 11) is 0. The standard InChI is InChI=1S/C19H32N2/c1-3-5-6-8-17-10-12-19(13-11-17)20-18-9-7-15-21(4-2)16-14-18/h10-13,18,20H,3-9,14-16H2,1-2H3. The van der Waals surface area contributed by atoms with E-state index in [9.17, 15) is 0 Å². The molecular weight excluding hydrogens is 256 g/mol. The minimum Gasteiger partial charge on any atom is -0.382 e. The Kier molecular flexibility index (Phi) is 7.08. The van der Waals surface area contributed by atoms with Crippen molar-refractivity contribution >= 4 is 5.69 Å². The summed E-state index contributed by atoms with van der Waals surface area (Å²) in [4.78, 5) is 2.57. The molecule has 1 aromatic rings. The summed E-state index contributed by atoms with van der Waals surface area (Å²) in [6.45, 7) is 8.23. The van der Waals surface area contributed by atoms with Gasteiger partial charge in [-0.3, -0.25) is 0 Å². The SMILES string of the molecule is CCCCCc1ccc(NC2CCCN(CC)CC2)cc1. The van der Waals surface area contributed by atoms with E-state index in [1.54, 1.807) is 0 Å². The van der Waals surface area contributed by atoms with Crippen LogP contribution in [0.2, 0.25) is 0 Å². The zero-order chi connectivity index (χ0) is 14.9. The molecule has 1 fully saturated rings. The lowest BCUT2D eigenvalue weighted by Gasteiger charge is -2.19. The summed E-state index contributed by atoms with van der Waals surface area (Å²) in [5, 5.41) is 3.73. The molecule has 1 aliphatic rings. The summed E-state index contributed by atoms with van der Waals surface area (Å²) in [6.07, 6.45) is 9.08. The lowest BCUT2D eigenvalue weighted by Crippen LogP contribution is -2.26. The van der Waals surface area contributed by atoms with E-state index >= 15 is 0 Å². The Morgan fingerprint density at radius 3 is 2.57 bits per heavy atom. The van der Waals surface area contributed by atoms with Crippen molar-refractivity contribution in [2.75, 3.05) is 25.0 Å². The first-order valence-electron chi connectivity index (χ1n) is 8.89. The third kappa shape index (κ3) is 5.70. The fourth-order valence-electron chi connectivity index (χ4n) is 3.20. The topological polar surface area (TPSA) is 15.3 Å². The van der Waals surface area contributed by atoms with Gasteiger partial charge in [0.1, 0.15) is 0 Å². The van der Waals surface area contributed by atoms with Crippen molar-refractivity contribution < 1.29 is 0 Å². The van der Waals surface area contributed by atoms with E-state index in [4.69, 9.17) is 0 Å². The zero-order valence-electron chi connectivity index (χ0n) is 13.9. The fourth-order valence-corrected chi connectivity index (χ4v) is 3.20. The van der Waals surface area contributed by atoms with Gasteiger partial charge in [-0.15, -0.1) is 0 Å². The number of nitrogens with zero attached hydrogens (tertiary/aromatic N) is 1. The highest BCUT2D eigenvalue weighted by atomic mass is 15.1. The number of nitrogens with one attached hydrogen (secondary N) is 1.